The zero-order valence-electron chi connectivity index (χ0n) is 13.0. The first-order valence-corrected chi connectivity index (χ1v) is 7.23. The van der Waals surface area contributed by atoms with E-state index in [1.807, 2.05) is 24.3 Å². The Hall–Kier alpha value is -2.00. The van der Waals surface area contributed by atoms with Crippen molar-refractivity contribution in [3.8, 4) is 11.5 Å². The van der Waals surface area contributed by atoms with Gasteiger partial charge in [-0.1, -0.05) is 24.3 Å². The van der Waals surface area contributed by atoms with E-state index in [0.29, 0.717) is 19.8 Å². The van der Waals surface area contributed by atoms with Gasteiger partial charge in [0, 0.05) is 6.54 Å². The fourth-order valence-electron chi connectivity index (χ4n) is 2.21. The maximum Gasteiger partial charge on any atom is 0.125 e. The van der Waals surface area contributed by atoms with Crippen LogP contribution in [0.4, 0.5) is 0 Å². The van der Waals surface area contributed by atoms with Gasteiger partial charge in [0.25, 0.3) is 0 Å². The molecular formula is C18H23NO2. The Morgan fingerprint density at radius 2 is 1.62 bits per heavy atom. The van der Waals surface area contributed by atoms with E-state index >= 15 is 0 Å². The lowest BCUT2D eigenvalue weighted by molar-refractivity contribution is 0.215. The van der Waals surface area contributed by atoms with Gasteiger partial charge in [0.05, 0.1) is 0 Å². The predicted molar refractivity (Wildman–Crippen MR) is 86.0 cm³/mol. The van der Waals surface area contributed by atoms with E-state index in [1.54, 1.807) is 0 Å². The van der Waals surface area contributed by atoms with Gasteiger partial charge in [-0.2, -0.15) is 0 Å². The van der Waals surface area contributed by atoms with Gasteiger partial charge in [0.15, 0.2) is 0 Å². The Bertz CT molecular complexity index is 608. The summed E-state index contributed by atoms with van der Waals surface area (Å²) in [5, 5.41) is 0. The van der Waals surface area contributed by atoms with Crippen LogP contribution in [0.1, 0.15) is 22.3 Å². The number of aryl methyl sites for hydroxylation is 2. The first kappa shape index (κ1) is 15.4. The molecule has 2 aromatic carbocycles. The van der Waals surface area contributed by atoms with Crippen molar-refractivity contribution >= 4 is 0 Å². The van der Waals surface area contributed by atoms with Crippen molar-refractivity contribution in [3.63, 3.8) is 0 Å². The number of rotatable bonds is 6. The zero-order valence-corrected chi connectivity index (χ0v) is 13.0. The lowest BCUT2D eigenvalue weighted by atomic mass is 10.1. The highest BCUT2D eigenvalue weighted by Crippen LogP contribution is 2.25. The van der Waals surface area contributed by atoms with Crippen LogP contribution in [0.25, 0.3) is 0 Å². The summed E-state index contributed by atoms with van der Waals surface area (Å²) < 4.78 is 11.6. The summed E-state index contributed by atoms with van der Waals surface area (Å²) in [5.41, 5.74) is 10.3. The molecule has 0 heterocycles. The highest BCUT2D eigenvalue weighted by Gasteiger charge is 2.06. The van der Waals surface area contributed by atoms with E-state index in [-0.39, 0.29) is 0 Å². The van der Waals surface area contributed by atoms with Crippen LogP contribution in [-0.4, -0.2) is 13.2 Å². The third-order valence-corrected chi connectivity index (χ3v) is 3.61. The molecule has 0 aliphatic rings. The molecule has 0 aromatic heterocycles. The molecule has 21 heavy (non-hydrogen) atoms. The molecule has 3 nitrogen and oxygen atoms in total. The van der Waals surface area contributed by atoms with Crippen LogP contribution in [0.3, 0.4) is 0 Å². The molecular weight excluding hydrogens is 262 g/mol. The second kappa shape index (κ2) is 7.14. The van der Waals surface area contributed by atoms with Gasteiger partial charge in [-0.05, 0) is 55.2 Å². The van der Waals surface area contributed by atoms with E-state index in [0.717, 1.165) is 22.6 Å². The Balaban J connectivity index is 1.89. The molecule has 112 valence electrons. The topological polar surface area (TPSA) is 44.5 Å². The summed E-state index contributed by atoms with van der Waals surface area (Å²) in [5.74, 6) is 1.80. The molecule has 0 fully saturated rings. The molecule has 0 aliphatic carbocycles. The van der Waals surface area contributed by atoms with Gasteiger partial charge >= 0.3 is 0 Å². The predicted octanol–water partition coefficient (Wildman–Crippen LogP) is 3.53. The average molecular weight is 285 g/mol. The minimum atomic E-state index is 0.515. The molecule has 0 bridgehead atoms. The molecule has 2 aromatic rings. The smallest absolute Gasteiger partial charge is 0.125 e. The summed E-state index contributed by atoms with van der Waals surface area (Å²) >= 11 is 0. The van der Waals surface area contributed by atoms with Crippen molar-refractivity contribution in [2.24, 2.45) is 5.73 Å². The molecule has 0 spiro atoms. The van der Waals surface area contributed by atoms with Crippen LogP contribution in [-0.2, 0) is 6.54 Å². The summed E-state index contributed by atoms with van der Waals surface area (Å²) in [6.45, 7) is 7.81. The van der Waals surface area contributed by atoms with Gasteiger partial charge in [-0.25, -0.2) is 0 Å². The molecule has 0 atom stereocenters. The molecule has 0 saturated carbocycles. The van der Waals surface area contributed by atoms with Crippen molar-refractivity contribution in [2.45, 2.75) is 27.3 Å². The summed E-state index contributed by atoms with van der Waals surface area (Å²) in [6, 6.07) is 12.0. The van der Waals surface area contributed by atoms with Crippen molar-refractivity contribution in [1.82, 2.24) is 0 Å². The van der Waals surface area contributed by atoms with Crippen LogP contribution >= 0.6 is 0 Å². The summed E-state index contributed by atoms with van der Waals surface area (Å²) in [4.78, 5) is 0. The number of nitrogens with two attached hydrogens (primary N) is 1. The lowest BCUT2D eigenvalue weighted by Crippen LogP contribution is -2.11. The Morgan fingerprint density at radius 3 is 2.38 bits per heavy atom. The molecule has 2 N–H and O–H groups in total. The minimum Gasteiger partial charge on any atom is -0.490 e. The summed E-state index contributed by atoms with van der Waals surface area (Å²) in [6.07, 6.45) is 0. The maximum atomic E-state index is 5.88. The lowest BCUT2D eigenvalue weighted by Gasteiger charge is -2.14. The van der Waals surface area contributed by atoms with Gasteiger partial charge in [-0.3, -0.25) is 0 Å². The largest absolute Gasteiger partial charge is 0.490 e. The summed E-state index contributed by atoms with van der Waals surface area (Å²) in [7, 11) is 0. The highest BCUT2D eigenvalue weighted by molar-refractivity contribution is 5.44. The monoisotopic (exact) mass is 285 g/mol. The van der Waals surface area contributed by atoms with Gasteiger partial charge in [0.1, 0.15) is 24.7 Å². The van der Waals surface area contributed by atoms with Crippen molar-refractivity contribution < 1.29 is 9.47 Å². The zero-order chi connectivity index (χ0) is 15.2. The third-order valence-electron chi connectivity index (χ3n) is 3.61. The first-order chi connectivity index (χ1) is 10.1. The van der Waals surface area contributed by atoms with Gasteiger partial charge in [-0.15, -0.1) is 0 Å². The van der Waals surface area contributed by atoms with Crippen LogP contribution in [0.2, 0.25) is 0 Å². The number of hydrogen-bond acceptors (Lipinski definition) is 3. The van der Waals surface area contributed by atoms with Crippen LogP contribution < -0.4 is 15.2 Å². The molecule has 0 amide bonds. The molecule has 0 aliphatic heterocycles. The van der Waals surface area contributed by atoms with Crippen molar-refractivity contribution in [3.05, 3.63) is 58.7 Å². The quantitative estimate of drug-likeness (QED) is 0.826. The maximum absolute atomic E-state index is 5.88. The van der Waals surface area contributed by atoms with E-state index in [1.165, 1.54) is 11.1 Å². The number of ether oxygens (including phenoxy) is 2. The Labute approximate surface area is 126 Å². The van der Waals surface area contributed by atoms with Crippen LogP contribution in [0.5, 0.6) is 11.5 Å². The van der Waals surface area contributed by atoms with Gasteiger partial charge in [0.2, 0.25) is 0 Å². The average Bonchev–Trinajstić information content (AvgIpc) is 2.50. The Kier molecular flexibility index (Phi) is 5.23. The Morgan fingerprint density at radius 1 is 0.905 bits per heavy atom. The van der Waals surface area contributed by atoms with Crippen molar-refractivity contribution in [1.29, 1.82) is 0 Å². The fourth-order valence-corrected chi connectivity index (χ4v) is 2.21. The van der Waals surface area contributed by atoms with Crippen LogP contribution in [0, 0.1) is 20.8 Å². The molecule has 0 radical (unpaired) electrons. The highest BCUT2D eigenvalue weighted by atomic mass is 16.5. The van der Waals surface area contributed by atoms with E-state index in [4.69, 9.17) is 15.2 Å². The first-order valence-electron chi connectivity index (χ1n) is 7.23. The van der Waals surface area contributed by atoms with E-state index in [2.05, 4.69) is 32.9 Å². The second-order valence-corrected chi connectivity index (χ2v) is 5.20. The molecule has 0 unspecified atom stereocenters. The third kappa shape index (κ3) is 3.99. The van der Waals surface area contributed by atoms with Crippen molar-refractivity contribution in [2.75, 3.05) is 13.2 Å². The molecule has 2 rings (SSSR count). The van der Waals surface area contributed by atoms with E-state index < -0.39 is 0 Å². The standard InChI is InChI=1S/C18H23NO2/c1-13-7-8-14(2)18(15(13)3)21-10-9-20-17-6-4-5-16(11-17)12-19/h4-8,11H,9-10,12,19H2,1-3H3. The number of hydrogen-bond donors (Lipinski definition) is 1. The second-order valence-electron chi connectivity index (χ2n) is 5.20. The van der Waals surface area contributed by atoms with Crippen LogP contribution in [0.15, 0.2) is 36.4 Å². The SMILES string of the molecule is Cc1ccc(C)c(OCCOc2cccc(CN)c2)c1C. The minimum absolute atomic E-state index is 0.515. The normalized spacial score (nSPS) is 10.5. The van der Waals surface area contributed by atoms with E-state index in [9.17, 15) is 0 Å². The van der Waals surface area contributed by atoms with Gasteiger partial charge < -0.3 is 15.2 Å². The molecule has 3 heteroatoms. The molecule has 0 saturated heterocycles. The number of benzene rings is 2. The fraction of sp³-hybridized carbons (Fsp3) is 0.333.